The maximum Gasteiger partial charge on any atom is 0.261 e. The van der Waals surface area contributed by atoms with Crippen LogP contribution in [0.1, 0.15) is 12.5 Å². The van der Waals surface area contributed by atoms with Gasteiger partial charge in [-0.25, -0.2) is 12.7 Å². The number of hydrogen-bond acceptors (Lipinski definition) is 7. The van der Waals surface area contributed by atoms with Gasteiger partial charge in [-0.05, 0) is 36.8 Å². The number of hydrogen-bond donors (Lipinski definition) is 2. The smallest absolute Gasteiger partial charge is 0.261 e. The van der Waals surface area contributed by atoms with Crippen LogP contribution >= 0.6 is 0 Å². The molecule has 1 aliphatic heterocycles. The molecular formula is C20H22N6O4S. The van der Waals surface area contributed by atoms with Crippen molar-refractivity contribution in [3.05, 3.63) is 46.9 Å². The Morgan fingerprint density at radius 1 is 1.29 bits per heavy atom. The molecule has 10 nitrogen and oxygen atoms in total. The molecule has 1 aromatic carbocycles. The molecule has 31 heavy (non-hydrogen) atoms. The van der Waals surface area contributed by atoms with Gasteiger partial charge in [0.2, 0.25) is 10.0 Å². The summed E-state index contributed by atoms with van der Waals surface area (Å²) in [6, 6.07) is 9.94. The first-order valence-corrected chi connectivity index (χ1v) is 11.1. The minimum atomic E-state index is -3.54. The largest absolute Gasteiger partial charge is 0.379 e. The fourth-order valence-electron chi connectivity index (χ4n) is 3.61. The van der Waals surface area contributed by atoms with Crippen LogP contribution in [0.3, 0.4) is 0 Å². The van der Waals surface area contributed by atoms with E-state index in [2.05, 4.69) is 21.5 Å². The maximum atomic E-state index is 12.6. The predicted molar refractivity (Wildman–Crippen MR) is 115 cm³/mol. The van der Waals surface area contributed by atoms with E-state index in [0.717, 1.165) is 4.31 Å². The number of pyridine rings is 1. The summed E-state index contributed by atoms with van der Waals surface area (Å²) >= 11 is 0. The minimum absolute atomic E-state index is 0.160. The van der Waals surface area contributed by atoms with Crippen LogP contribution in [-0.2, 0) is 14.8 Å². The molecule has 1 fully saturated rings. The van der Waals surface area contributed by atoms with Crippen LogP contribution in [0.4, 0.5) is 11.5 Å². The van der Waals surface area contributed by atoms with Crippen LogP contribution in [0.5, 0.6) is 0 Å². The molecule has 0 amide bonds. The first kappa shape index (κ1) is 21.0. The number of nitrogens with one attached hydrogen (secondary N) is 2. The molecule has 0 saturated carbocycles. The zero-order valence-electron chi connectivity index (χ0n) is 17.1. The van der Waals surface area contributed by atoms with E-state index in [1.54, 1.807) is 29.1 Å². The number of fused-ring (bicyclic) bond motifs is 1. The number of nitrogens with zero attached hydrogens (tertiary/aromatic N) is 4. The van der Waals surface area contributed by atoms with Crippen molar-refractivity contribution in [2.24, 2.45) is 5.92 Å². The zero-order valence-corrected chi connectivity index (χ0v) is 17.9. The summed E-state index contributed by atoms with van der Waals surface area (Å²) in [6.07, 6.45) is 2.13. The molecule has 2 unspecified atom stereocenters. The minimum Gasteiger partial charge on any atom is -0.379 e. The third-order valence-electron chi connectivity index (χ3n) is 5.33. The van der Waals surface area contributed by atoms with E-state index in [-0.39, 0.29) is 22.4 Å². The molecule has 4 rings (SSSR count). The van der Waals surface area contributed by atoms with Gasteiger partial charge in [-0.1, -0.05) is 0 Å². The quantitative estimate of drug-likeness (QED) is 0.616. The lowest BCUT2D eigenvalue weighted by Crippen LogP contribution is -2.30. The number of benzene rings is 1. The van der Waals surface area contributed by atoms with Gasteiger partial charge in [0.05, 0.1) is 35.0 Å². The number of sulfonamides is 1. The van der Waals surface area contributed by atoms with Crippen LogP contribution in [0, 0.1) is 17.2 Å². The van der Waals surface area contributed by atoms with Crippen LogP contribution < -0.4 is 10.9 Å². The zero-order chi connectivity index (χ0) is 22.2. The summed E-state index contributed by atoms with van der Waals surface area (Å²) in [5.41, 5.74) is 0.848. The Kier molecular flexibility index (Phi) is 5.53. The summed E-state index contributed by atoms with van der Waals surface area (Å²) in [4.78, 5) is 15.4. The SMILES string of the molecule is CN(C)S(=O)(=O)c1ccc(Nc2nn(C3COCCC3C#N)c3cc[nH]c(=O)c23)cc1. The highest BCUT2D eigenvalue weighted by molar-refractivity contribution is 7.89. The van der Waals surface area contributed by atoms with E-state index in [4.69, 9.17) is 4.74 Å². The molecule has 2 N–H and O–H groups in total. The summed E-state index contributed by atoms with van der Waals surface area (Å²) in [6.45, 7) is 0.847. The number of nitriles is 1. The summed E-state index contributed by atoms with van der Waals surface area (Å²) in [5.74, 6) is 0.0434. The van der Waals surface area contributed by atoms with Crippen LogP contribution in [0.2, 0.25) is 0 Å². The van der Waals surface area contributed by atoms with Gasteiger partial charge in [0.15, 0.2) is 5.82 Å². The normalized spacial score (nSPS) is 19.4. The van der Waals surface area contributed by atoms with Gasteiger partial charge < -0.3 is 15.0 Å². The van der Waals surface area contributed by atoms with E-state index < -0.39 is 10.0 Å². The second-order valence-corrected chi connectivity index (χ2v) is 9.62. The topological polar surface area (TPSA) is 133 Å². The highest BCUT2D eigenvalue weighted by Crippen LogP contribution is 2.31. The van der Waals surface area contributed by atoms with E-state index in [1.165, 1.54) is 26.2 Å². The molecule has 162 valence electrons. The number of aromatic nitrogens is 3. The number of ether oxygens (including phenoxy) is 1. The van der Waals surface area contributed by atoms with Gasteiger partial charge in [0.25, 0.3) is 5.56 Å². The van der Waals surface area contributed by atoms with Crippen molar-refractivity contribution in [1.29, 1.82) is 5.26 Å². The molecule has 3 aromatic rings. The molecular weight excluding hydrogens is 420 g/mol. The van der Waals surface area contributed by atoms with Crippen molar-refractivity contribution in [3.8, 4) is 6.07 Å². The van der Waals surface area contributed by atoms with Gasteiger partial charge >= 0.3 is 0 Å². The Morgan fingerprint density at radius 3 is 2.71 bits per heavy atom. The third-order valence-corrected chi connectivity index (χ3v) is 7.16. The average Bonchev–Trinajstić information content (AvgIpc) is 3.13. The van der Waals surface area contributed by atoms with Crippen molar-refractivity contribution in [2.45, 2.75) is 17.4 Å². The van der Waals surface area contributed by atoms with E-state index >= 15 is 0 Å². The molecule has 1 saturated heterocycles. The molecule has 3 heterocycles. The molecule has 11 heteroatoms. The first-order chi connectivity index (χ1) is 14.8. The highest BCUT2D eigenvalue weighted by Gasteiger charge is 2.30. The van der Waals surface area contributed by atoms with Crippen LogP contribution in [-0.4, -0.2) is 54.8 Å². The molecule has 0 radical (unpaired) electrons. The van der Waals surface area contributed by atoms with Crippen LogP contribution in [0.15, 0.2) is 46.2 Å². The Hall–Kier alpha value is -3.20. The van der Waals surface area contributed by atoms with Gasteiger partial charge in [0, 0.05) is 32.6 Å². The lowest BCUT2D eigenvalue weighted by Gasteiger charge is -2.27. The third kappa shape index (κ3) is 3.81. The van der Waals surface area contributed by atoms with E-state index in [0.29, 0.717) is 42.0 Å². The number of anilines is 2. The van der Waals surface area contributed by atoms with Crippen LogP contribution in [0.25, 0.3) is 10.9 Å². The highest BCUT2D eigenvalue weighted by atomic mass is 32.2. The monoisotopic (exact) mass is 442 g/mol. The molecule has 2 aromatic heterocycles. The molecule has 0 spiro atoms. The number of rotatable bonds is 5. The molecule has 1 aliphatic rings. The molecule has 0 bridgehead atoms. The lowest BCUT2D eigenvalue weighted by molar-refractivity contribution is 0.0359. The van der Waals surface area contributed by atoms with Gasteiger partial charge in [-0.3, -0.25) is 9.48 Å². The van der Waals surface area contributed by atoms with Gasteiger partial charge in [-0.2, -0.15) is 10.4 Å². The fourth-order valence-corrected chi connectivity index (χ4v) is 4.51. The van der Waals surface area contributed by atoms with E-state index in [1.807, 2.05) is 0 Å². The Morgan fingerprint density at radius 2 is 2.03 bits per heavy atom. The van der Waals surface area contributed by atoms with Gasteiger partial charge in [0.1, 0.15) is 5.39 Å². The van der Waals surface area contributed by atoms with Crippen molar-refractivity contribution >= 4 is 32.4 Å². The van der Waals surface area contributed by atoms with E-state index in [9.17, 15) is 18.5 Å². The second kappa shape index (κ2) is 8.14. The molecule has 0 aliphatic carbocycles. The van der Waals surface area contributed by atoms with Crippen molar-refractivity contribution in [2.75, 3.05) is 32.6 Å². The summed E-state index contributed by atoms with van der Waals surface area (Å²) < 4.78 is 32.9. The summed E-state index contributed by atoms with van der Waals surface area (Å²) in [5, 5.41) is 17.6. The lowest BCUT2D eigenvalue weighted by atomic mass is 9.96. The average molecular weight is 443 g/mol. The standard InChI is InChI=1S/C20H22N6O4S/c1-25(2)31(28,29)15-5-3-14(4-6-15)23-19-18-16(7-9-22-20(18)27)26(24-19)17-12-30-10-8-13(17)11-21/h3-7,9,13,17H,8,10,12H2,1-2H3,(H,22,27)(H,23,24). The first-order valence-electron chi connectivity index (χ1n) is 9.70. The maximum absolute atomic E-state index is 12.6. The van der Waals surface area contributed by atoms with Crippen molar-refractivity contribution in [1.82, 2.24) is 19.1 Å². The number of aromatic amines is 1. The molecule has 2 atom stereocenters. The Bertz CT molecular complexity index is 1300. The predicted octanol–water partition coefficient (Wildman–Crippen LogP) is 1.82. The van der Waals surface area contributed by atoms with Crippen molar-refractivity contribution in [3.63, 3.8) is 0 Å². The van der Waals surface area contributed by atoms with Crippen molar-refractivity contribution < 1.29 is 13.2 Å². The Labute approximate surface area is 179 Å². The van der Waals surface area contributed by atoms with Gasteiger partial charge in [-0.15, -0.1) is 0 Å². The fraction of sp³-hybridized carbons (Fsp3) is 0.350. The summed E-state index contributed by atoms with van der Waals surface area (Å²) in [7, 11) is -0.605. The number of H-pyrrole nitrogens is 1. The second-order valence-electron chi connectivity index (χ2n) is 7.46. The Balaban J connectivity index is 1.74.